The number of aliphatic hydroxyl groups excluding tert-OH is 2. The molecule has 0 saturated heterocycles. The van der Waals surface area contributed by atoms with E-state index in [0.29, 0.717) is 18.0 Å². The van der Waals surface area contributed by atoms with Crippen LogP contribution in [0.4, 0.5) is 0 Å². The molecule has 0 atom stereocenters. The van der Waals surface area contributed by atoms with Crippen LogP contribution < -0.4 is 0 Å². The second-order valence-electron chi connectivity index (χ2n) is 6.32. The number of rotatable bonds is 5. The molecule has 0 bridgehead atoms. The van der Waals surface area contributed by atoms with Crippen molar-refractivity contribution >= 4 is 8.32 Å². The van der Waals surface area contributed by atoms with Crippen LogP contribution in [0.2, 0.25) is 18.1 Å². The lowest BCUT2D eigenvalue weighted by atomic mass is 10.2. The predicted molar refractivity (Wildman–Crippen MR) is 78.1 cm³/mol. The first-order valence-corrected chi connectivity index (χ1v) is 9.45. The fourth-order valence-electron chi connectivity index (χ4n) is 1.44. The zero-order chi connectivity index (χ0) is 14.7. The largest absolute Gasteiger partial charge is 0.413 e. The first kappa shape index (κ1) is 16.3. The average molecular weight is 283 g/mol. The van der Waals surface area contributed by atoms with Crippen LogP contribution in [0.3, 0.4) is 0 Å². The number of nitrogens with zero attached hydrogens (tertiary/aromatic N) is 1. The van der Waals surface area contributed by atoms with Crippen molar-refractivity contribution in [1.82, 2.24) is 4.98 Å². The normalized spacial score (nSPS) is 12.8. The van der Waals surface area contributed by atoms with Crippen LogP contribution in [-0.4, -0.2) is 23.5 Å². The van der Waals surface area contributed by atoms with Gasteiger partial charge in [-0.1, -0.05) is 20.8 Å². The summed E-state index contributed by atoms with van der Waals surface area (Å²) >= 11 is 0. The maximum Gasteiger partial charge on any atom is 0.192 e. The first-order chi connectivity index (χ1) is 8.69. The van der Waals surface area contributed by atoms with Gasteiger partial charge in [0.05, 0.1) is 31.2 Å². The van der Waals surface area contributed by atoms with Crippen LogP contribution in [0, 0.1) is 0 Å². The van der Waals surface area contributed by atoms with Gasteiger partial charge in [-0.15, -0.1) is 0 Å². The van der Waals surface area contributed by atoms with Gasteiger partial charge in [0.15, 0.2) is 8.32 Å². The molecule has 1 aromatic rings. The van der Waals surface area contributed by atoms with E-state index in [1.165, 1.54) is 0 Å². The van der Waals surface area contributed by atoms with Crippen LogP contribution in [0.1, 0.15) is 37.7 Å². The highest BCUT2D eigenvalue weighted by Crippen LogP contribution is 2.37. The highest BCUT2D eigenvalue weighted by molar-refractivity contribution is 6.74. The number of hydrogen-bond donors (Lipinski definition) is 2. The summed E-state index contributed by atoms with van der Waals surface area (Å²) in [6.07, 6.45) is 0. The molecule has 0 aliphatic heterocycles. The summed E-state index contributed by atoms with van der Waals surface area (Å²) in [5.74, 6) is 0. The summed E-state index contributed by atoms with van der Waals surface area (Å²) < 4.78 is 6.13. The summed E-state index contributed by atoms with van der Waals surface area (Å²) in [5.41, 5.74) is 2.09. The molecule has 0 unspecified atom stereocenters. The molecule has 0 radical (unpaired) electrons. The Morgan fingerprint density at radius 3 is 1.95 bits per heavy atom. The molecule has 2 N–H and O–H groups in total. The van der Waals surface area contributed by atoms with Gasteiger partial charge in [0.1, 0.15) is 0 Å². The molecule has 108 valence electrons. The van der Waals surface area contributed by atoms with Crippen molar-refractivity contribution in [1.29, 1.82) is 0 Å². The molecular weight excluding hydrogens is 258 g/mol. The summed E-state index contributed by atoms with van der Waals surface area (Å²) in [6.45, 7) is 11.3. The second-order valence-corrected chi connectivity index (χ2v) is 11.1. The molecule has 1 rings (SSSR count). The van der Waals surface area contributed by atoms with Crippen molar-refractivity contribution in [2.45, 2.75) is 58.7 Å². The highest BCUT2D eigenvalue weighted by Gasteiger charge is 2.37. The topological polar surface area (TPSA) is 62.6 Å². The van der Waals surface area contributed by atoms with E-state index in [1.54, 1.807) is 0 Å². The molecule has 0 aliphatic rings. The molecule has 0 spiro atoms. The molecule has 0 amide bonds. The Hall–Kier alpha value is -0.753. The quantitative estimate of drug-likeness (QED) is 0.815. The molecule has 4 nitrogen and oxygen atoms in total. The van der Waals surface area contributed by atoms with Gasteiger partial charge in [-0.05, 0) is 35.8 Å². The smallest absolute Gasteiger partial charge is 0.192 e. The van der Waals surface area contributed by atoms with Crippen molar-refractivity contribution in [2.24, 2.45) is 0 Å². The minimum Gasteiger partial charge on any atom is -0.413 e. The standard InChI is InChI=1S/C14H25NO3Si/c1-14(2,3)19(4,5)18-10-11-6-12(8-16)15-13(7-11)9-17/h6-7,16-17H,8-10H2,1-5H3. The summed E-state index contributed by atoms with van der Waals surface area (Å²) in [6, 6.07) is 3.65. The Balaban J connectivity index is 2.83. The summed E-state index contributed by atoms with van der Waals surface area (Å²) in [4.78, 5) is 4.12. The van der Waals surface area contributed by atoms with Crippen molar-refractivity contribution < 1.29 is 14.6 Å². The average Bonchev–Trinajstić information content (AvgIpc) is 2.34. The number of pyridine rings is 1. The Labute approximate surface area is 116 Å². The molecule has 0 saturated carbocycles. The third kappa shape index (κ3) is 4.38. The summed E-state index contributed by atoms with van der Waals surface area (Å²) in [7, 11) is -1.79. The maximum atomic E-state index is 9.16. The van der Waals surface area contributed by atoms with Gasteiger partial charge < -0.3 is 14.6 Å². The lowest BCUT2D eigenvalue weighted by Crippen LogP contribution is -2.40. The minimum atomic E-state index is -1.79. The van der Waals surface area contributed by atoms with Crippen molar-refractivity contribution in [3.8, 4) is 0 Å². The van der Waals surface area contributed by atoms with Gasteiger partial charge in [-0.25, -0.2) is 0 Å². The molecular formula is C14H25NO3Si. The fourth-order valence-corrected chi connectivity index (χ4v) is 2.40. The molecule has 1 heterocycles. The van der Waals surface area contributed by atoms with E-state index in [9.17, 15) is 0 Å². The summed E-state index contributed by atoms with van der Waals surface area (Å²) in [5, 5.41) is 18.5. The molecule has 1 aromatic heterocycles. The molecule has 0 aromatic carbocycles. The van der Waals surface area contributed by atoms with Gasteiger partial charge >= 0.3 is 0 Å². The van der Waals surface area contributed by atoms with E-state index in [4.69, 9.17) is 14.6 Å². The zero-order valence-electron chi connectivity index (χ0n) is 12.5. The van der Waals surface area contributed by atoms with Crippen LogP contribution in [0.25, 0.3) is 0 Å². The van der Waals surface area contributed by atoms with E-state index in [0.717, 1.165) is 5.56 Å². The second kappa shape index (κ2) is 6.13. The zero-order valence-corrected chi connectivity index (χ0v) is 13.5. The Bertz CT molecular complexity index is 405. The van der Waals surface area contributed by atoms with Gasteiger partial charge in [0, 0.05) is 0 Å². The van der Waals surface area contributed by atoms with E-state index in [2.05, 4.69) is 38.8 Å². The molecule has 0 fully saturated rings. The van der Waals surface area contributed by atoms with Gasteiger partial charge in [-0.3, -0.25) is 4.98 Å². The van der Waals surface area contributed by atoms with E-state index in [1.807, 2.05) is 12.1 Å². The van der Waals surface area contributed by atoms with Gasteiger partial charge in [-0.2, -0.15) is 0 Å². The van der Waals surface area contributed by atoms with Crippen LogP contribution >= 0.6 is 0 Å². The minimum absolute atomic E-state index is 0.124. The highest BCUT2D eigenvalue weighted by atomic mass is 28.4. The van der Waals surface area contributed by atoms with E-state index >= 15 is 0 Å². The molecule has 19 heavy (non-hydrogen) atoms. The Morgan fingerprint density at radius 2 is 1.58 bits per heavy atom. The predicted octanol–water partition coefficient (Wildman–Crippen LogP) is 2.59. The SMILES string of the molecule is CC(C)(C)[Si](C)(C)OCc1cc(CO)nc(CO)c1. The van der Waals surface area contributed by atoms with E-state index < -0.39 is 8.32 Å². The third-order valence-electron chi connectivity index (χ3n) is 3.72. The lowest BCUT2D eigenvalue weighted by Gasteiger charge is -2.36. The lowest BCUT2D eigenvalue weighted by molar-refractivity contribution is 0.260. The fraction of sp³-hybridized carbons (Fsp3) is 0.643. The number of aliphatic hydroxyl groups is 2. The third-order valence-corrected chi connectivity index (χ3v) is 8.20. The Kier molecular flexibility index (Phi) is 5.26. The first-order valence-electron chi connectivity index (χ1n) is 6.54. The Morgan fingerprint density at radius 1 is 1.11 bits per heavy atom. The maximum absolute atomic E-state index is 9.16. The van der Waals surface area contributed by atoms with Crippen LogP contribution in [0.5, 0.6) is 0 Å². The number of aromatic nitrogens is 1. The van der Waals surface area contributed by atoms with Gasteiger partial charge in [0.2, 0.25) is 0 Å². The van der Waals surface area contributed by atoms with Crippen molar-refractivity contribution in [3.63, 3.8) is 0 Å². The van der Waals surface area contributed by atoms with Crippen LogP contribution in [-0.2, 0) is 24.2 Å². The van der Waals surface area contributed by atoms with E-state index in [-0.39, 0.29) is 18.3 Å². The van der Waals surface area contributed by atoms with Crippen LogP contribution in [0.15, 0.2) is 12.1 Å². The number of hydrogen-bond acceptors (Lipinski definition) is 4. The van der Waals surface area contributed by atoms with Gasteiger partial charge in [0.25, 0.3) is 0 Å². The molecule has 5 heteroatoms. The monoisotopic (exact) mass is 283 g/mol. The molecule has 0 aliphatic carbocycles. The van der Waals surface area contributed by atoms with Crippen molar-refractivity contribution in [2.75, 3.05) is 0 Å². The van der Waals surface area contributed by atoms with Crippen molar-refractivity contribution in [3.05, 3.63) is 29.1 Å².